The number of aliphatic hydroxyl groups excluding tert-OH is 1. The molecular formula is C13H16Cl2N2O3. The summed E-state index contributed by atoms with van der Waals surface area (Å²) in [6.45, 7) is 2.85. The first kappa shape index (κ1) is 15.2. The summed E-state index contributed by atoms with van der Waals surface area (Å²) in [4.78, 5) is 13.3. The zero-order valence-electron chi connectivity index (χ0n) is 11.0. The number of benzene rings is 1. The van der Waals surface area contributed by atoms with Crippen molar-refractivity contribution in [3.63, 3.8) is 0 Å². The molecule has 0 unspecified atom stereocenters. The Hall–Kier alpha value is -1.17. The van der Waals surface area contributed by atoms with E-state index >= 15 is 0 Å². The number of rotatable bonds is 4. The van der Waals surface area contributed by atoms with Crippen LogP contribution in [0.1, 0.15) is 6.92 Å². The fraction of sp³-hybridized carbons (Fsp3) is 0.462. The van der Waals surface area contributed by atoms with Gasteiger partial charge in [-0.25, -0.2) is 4.79 Å². The number of nitrogens with one attached hydrogen (secondary N) is 1. The maximum Gasteiger partial charge on any atom is 0.317 e. The largest absolute Gasteiger partial charge is 0.487 e. The van der Waals surface area contributed by atoms with E-state index in [0.717, 1.165) is 0 Å². The molecule has 1 aromatic carbocycles. The van der Waals surface area contributed by atoms with Crippen molar-refractivity contribution in [3.05, 3.63) is 28.2 Å². The van der Waals surface area contributed by atoms with Crippen LogP contribution < -0.4 is 10.1 Å². The average Bonchev–Trinajstić information content (AvgIpc) is 2.29. The van der Waals surface area contributed by atoms with Gasteiger partial charge >= 0.3 is 6.03 Å². The number of likely N-dealkylation sites (tertiary alicyclic amines) is 1. The van der Waals surface area contributed by atoms with Crippen molar-refractivity contribution in [2.75, 3.05) is 19.6 Å². The van der Waals surface area contributed by atoms with Crippen LogP contribution in [0.15, 0.2) is 18.2 Å². The van der Waals surface area contributed by atoms with Gasteiger partial charge in [-0.05, 0) is 25.1 Å². The molecule has 1 aromatic rings. The lowest BCUT2D eigenvalue weighted by Crippen LogP contribution is -2.59. The number of aliphatic hydroxyl groups is 1. The minimum atomic E-state index is -0.555. The van der Waals surface area contributed by atoms with Crippen LogP contribution in [0.3, 0.4) is 0 Å². The van der Waals surface area contributed by atoms with Crippen LogP contribution in [0.2, 0.25) is 10.0 Å². The second-order valence-electron chi connectivity index (χ2n) is 4.79. The summed E-state index contributed by atoms with van der Waals surface area (Å²) in [6, 6.07) is 4.80. The first-order chi connectivity index (χ1) is 9.44. The Balaban J connectivity index is 1.77. The summed E-state index contributed by atoms with van der Waals surface area (Å²) in [5.41, 5.74) is 0. The summed E-state index contributed by atoms with van der Waals surface area (Å²) in [5, 5.41) is 12.7. The van der Waals surface area contributed by atoms with Crippen LogP contribution >= 0.6 is 23.2 Å². The number of amides is 2. The number of urea groups is 1. The SMILES string of the molecule is C[C@@H](O)CNC(=O)N1CC(Oc2cc(Cl)cc(Cl)c2)C1. The highest BCUT2D eigenvalue weighted by Crippen LogP contribution is 2.26. The van der Waals surface area contributed by atoms with Gasteiger partial charge < -0.3 is 20.1 Å². The summed E-state index contributed by atoms with van der Waals surface area (Å²) in [7, 11) is 0. The monoisotopic (exact) mass is 318 g/mol. The van der Waals surface area contributed by atoms with Crippen LogP contribution in [0.5, 0.6) is 5.75 Å². The second-order valence-corrected chi connectivity index (χ2v) is 5.66. The van der Waals surface area contributed by atoms with Gasteiger partial charge in [-0.1, -0.05) is 23.2 Å². The summed E-state index contributed by atoms with van der Waals surface area (Å²) < 4.78 is 5.68. The van der Waals surface area contributed by atoms with Crippen molar-refractivity contribution in [3.8, 4) is 5.75 Å². The molecule has 0 saturated carbocycles. The van der Waals surface area contributed by atoms with E-state index in [1.807, 2.05) is 0 Å². The first-order valence-corrected chi connectivity index (χ1v) is 7.03. The molecule has 0 radical (unpaired) electrons. The van der Waals surface area contributed by atoms with E-state index in [2.05, 4.69) is 5.32 Å². The third-order valence-corrected chi connectivity index (χ3v) is 3.26. The summed E-state index contributed by atoms with van der Waals surface area (Å²) >= 11 is 11.8. The average molecular weight is 319 g/mol. The molecule has 0 spiro atoms. The Morgan fingerprint density at radius 3 is 2.60 bits per heavy atom. The van der Waals surface area contributed by atoms with Gasteiger partial charge in [-0.3, -0.25) is 0 Å². The minimum Gasteiger partial charge on any atom is -0.487 e. The van der Waals surface area contributed by atoms with Crippen LogP contribution in [0.4, 0.5) is 4.79 Å². The molecule has 1 heterocycles. The lowest BCUT2D eigenvalue weighted by atomic mass is 10.2. The highest BCUT2D eigenvalue weighted by atomic mass is 35.5. The van der Waals surface area contributed by atoms with E-state index in [1.165, 1.54) is 0 Å². The van der Waals surface area contributed by atoms with Crippen molar-refractivity contribution in [2.24, 2.45) is 0 Å². The lowest BCUT2D eigenvalue weighted by Gasteiger charge is -2.38. The highest BCUT2D eigenvalue weighted by molar-refractivity contribution is 6.34. The Bertz CT molecular complexity index is 470. The van der Waals surface area contributed by atoms with Crippen LogP contribution in [-0.2, 0) is 0 Å². The topological polar surface area (TPSA) is 61.8 Å². The van der Waals surface area contributed by atoms with Crippen molar-refractivity contribution < 1.29 is 14.6 Å². The van der Waals surface area contributed by atoms with E-state index in [4.69, 9.17) is 33.0 Å². The lowest BCUT2D eigenvalue weighted by molar-refractivity contribution is 0.0433. The molecule has 1 saturated heterocycles. The summed E-state index contributed by atoms with van der Waals surface area (Å²) in [6.07, 6.45) is -0.622. The molecule has 2 rings (SSSR count). The van der Waals surface area contributed by atoms with Gasteiger partial charge in [0.25, 0.3) is 0 Å². The Labute approximate surface area is 127 Å². The van der Waals surface area contributed by atoms with E-state index in [-0.39, 0.29) is 18.7 Å². The maximum atomic E-state index is 11.6. The van der Waals surface area contributed by atoms with Gasteiger partial charge in [-0.2, -0.15) is 0 Å². The standard InChI is InChI=1S/C13H16Cl2N2O3/c1-8(18)5-16-13(19)17-6-12(7-17)20-11-3-9(14)2-10(15)4-11/h2-4,8,12,18H,5-7H2,1H3,(H,16,19)/t8-/m1/s1. The third kappa shape index (κ3) is 4.16. The molecule has 1 aliphatic heterocycles. The fourth-order valence-electron chi connectivity index (χ4n) is 1.81. The van der Waals surface area contributed by atoms with Crippen LogP contribution in [0.25, 0.3) is 0 Å². The van der Waals surface area contributed by atoms with Crippen LogP contribution in [-0.4, -0.2) is 47.9 Å². The number of nitrogens with zero attached hydrogens (tertiary/aromatic N) is 1. The molecular weight excluding hydrogens is 303 g/mol. The third-order valence-electron chi connectivity index (χ3n) is 2.82. The van der Waals surface area contributed by atoms with Gasteiger partial charge in [0.1, 0.15) is 11.9 Å². The van der Waals surface area contributed by atoms with Gasteiger partial charge in [0, 0.05) is 16.6 Å². The molecule has 7 heteroatoms. The van der Waals surface area contributed by atoms with Crippen molar-refractivity contribution in [2.45, 2.75) is 19.1 Å². The van der Waals surface area contributed by atoms with E-state index in [9.17, 15) is 4.79 Å². The van der Waals surface area contributed by atoms with E-state index < -0.39 is 6.10 Å². The molecule has 1 fully saturated rings. The molecule has 2 N–H and O–H groups in total. The van der Waals surface area contributed by atoms with Crippen molar-refractivity contribution >= 4 is 29.2 Å². The smallest absolute Gasteiger partial charge is 0.317 e. The number of hydrogen-bond acceptors (Lipinski definition) is 3. The molecule has 0 aromatic heterocycles. The maximum absolute atomic E-state index is 11.6. The zero-order valence-corrected chi connectivity index (χ0v) is 12.5. The molecule has 110 valence electrons. The van der Waals surface area contributed by atoms with Gasteiger partial charge in [0.2, 0.25) is 0 Å². The molecule has 0 aliphatic carbocycles. The molecule has 1 atom stereocenters. The van der Waals surface area contributed by atoms with Crippen molar-refractivity contribution in [1.29, 1.82) is 0 Å². The number of halogens is 2. The van der Waals surface area contributed by atoms with Gasteiger partial charge in [0.05, 0.1) is 19.2 Å². The zero-order chi connectivity index (χ0) is 14.7. The van der Waals surface area contributed by atoms with Gasteiger partial charge in [-0.15, -0.1) is 0 Å². The van der Waals surface area contributed by atoms with E-state index in [0.29, 0.717) is 28.9 Å². The fourth-order valence-corrected chi connectivity index (χ4v) is 2.32. The molecule has 0 bridgehead atoms. The number of carbonyl (C=O) groups excluding carboxylic acids is 1. The number of hydrogen-bond donors (Lipinski definition) is 2. The van der Waals surface area contributed by atoms with E-state index in [1.54, 1.807) is 30.0 Å². The number of ether oxygens (including phenoxy) is 1. The molecule has 2 amide bonds. The second kappa shape index (κ2) is 6.52. The Morgan fingerprint density at radius 1 is 1.45 bits per heavy atom. The minimum absolute atomic E-state index is 0.0677. The molecule has 20 heavy (non-hydrogen) atoms. The predicted molar refractivity (Wildman–Crippen MR) is 77.5 cm³/mol. The normalized spacial score (nSPS) is 16.5. The number of carbonyl (C=O) groups is 1. The quantitative estimate of drug-likeness (QED) is 0.894. The Kier molecular flexibility index (Phi) is 4.96. The first-order valence-electron chi connectivity index (χ1n) is 6.27. The highest BCUT2D eigenvalue weighted by Gasteiger charge is 2.32. The van der Waals surface area contributed by atoms with Crippen molar-refractivity contribution in [1.82, 2.24) is 10.2 Å². The van der Waals surface area contributed by atoms with Gasteiger partial charge in [0.15, 0.2) is 0 Å². The molecule has 5 nitrogen and oxygen atoms in total. The van der Waals surface area contributed by atoms with Crippen LogP contribution in [0, 0.1) is 0 Å². The molecule has 1 aliphatic rings. The Morgan fingerprint density at radius 2 is 2.05 bits per heavy atom. The summed E-state index contributed by atoms with van der Waals surface area (Å²) in [5.74, 6) is 0.594. The predicted octanol–water partition coefficient (Wildman–Crippen LogP) is 2.15.